The van der Waals surface area contributed by atoms with Gasteiger partial charge >= 0.3 is 6.18 Å². The molecule has 0 aromatic rings. The lowest BCUT2D eigenvalue weighted by Crippen LogP contribution is -2.49. The highest BCUT2D eigenvalue weighted by atomic mass is 19.4. The molecule has 3 N–H and O–H groups in total. The topological polar surface area (TPSA) is 38.0 Å². The number of hydrogen-bond donors (Lipinski definition) is 2. The molecule has 0 bridgehead atoms. The average molecular weight is 306 g/mol. The number of hydrazine groups is 1. The molecule has 2 rings (SSSR count). The lowest BCUT2D eigenvalue weighted by Gasteiger charge is -2.42. The highest BCUT2D eigenvalue weighted by Gasteiger charge is 2.45. The molecule has 0 amide bonds. The van der Waals surface area contributed by atoms with Gasteiger partial charge in [-0.25, -0.2) is 0 Å². The summed E-state index contributed by atoms with van der Waals surface area (Å²) in [4.78, 5) is 0. The number of alkyl halides is 3. The van der Waals surface area contributed by atoms with Crippen LogP contribution in [0.3, 0.4) is 0 Å². The van der Waals surface area contributed by atoms with Crippen LogP contribution in [0.2, 0.25) is 0 Å². The minimum absolute atomic E-state index is 0.0464. The van der Waals surface area contributed by atoms with Crippen LogP contribution in [0.25, 0.3) is 0 Å². The zero-order chi connectivity index (χ0) is 15.6. The van der Waals surface area contributed by atoms with Gasteiger partial charge in [0.2, 0.25) is 0 Å². The minimum atomic E-state index is -4.05. The summed E-state index contributed by atoms with van der Waals surface area (Å²) in [6.45, 7) is 4.52. The van der Waals surface area contributed by atoms with Crippen molar-refractivity contribution in [2.75, 3.05) is 0 Å². The Hall–Kier alpha value is -0.290. The molecule has 2 aliphatic rings. The summed E-state index contributed by atoms with van der Waals surface area (Å²) in [7, 11) is 0. The van der Waals surface area contributed by atoms with E-state index in [-0.39, 0.29) is 24.8 Å². The van der Waals surface area contributed by atoms with Crippen LogP contribution in [-0.2, 0) is 0 Å². The maximum absolute atomic E-state index is 13.0. The smallest absolute Gasteiger partial charge is 0.271 e. The number of hydrogen-bond acceptors (Lipinski definition) is 2. The summed E-state index contributed by atoms with van der Waals surface area (Å²) < 4.78 is 39.0. The third kappa shape index (κ3) is 4.13. The number of nitrogens with one attached hydrogen (secondary N) is 1. The van der Waals surface area contributed by atoms with Crippen LogP contribution in [-0.4, -0.2) is 12.2 Å². The molecule has 0 saturated heterocycles. The van der Waals surface area contributed by atoms with E-state index >= 15 is 0 Å². The minimum Gasteiger partial charge on any atom is -0.271 e. The molecule has 0 aromatic carbocycles. The fraction of sp³-hybridized carbons (Fsp3) is 1.00. The monoisotopic (exact) mass is 306 g/mol. The summed E-state index contributed by atoms with van der Waals surface area (Å²) in [6, 6.07) is 0.0464. The van der Waals surface area contributed by atoms with Gasteiger partial charge in [0.1, 0.15) is 0 Å². The van der Waals surface area contributed by atoms with Gasteiger partial charge in [-0.2, -0.15) is 13.2 Å². The molecule has 2 nitrogen and oxygen atoms in total. The van der Waals surface area contributed by atoms with Crippen molar-refractivity contribution in [1.82, 2.24) is 5.43 Å². The fourth-order valence-corrected chi connectivity index (χ4v) is 4.42. The third-order valence-electron chi connectivity index (χ3n) is 6.02. The van der Waals surface area contributed by atoms with Crippen LogP contribution in [0.5, 0.6) is 0 Å². The second kappa shape index (κ2) is 6.86. The Morgan fingerprint density at radius 3 is 2.19 bits per heavy atom. The first-order valence-electron chi connectivity index (χ1n) is 8.35. The molecule has 21 heavy (non-hydrogen) atoms. The Morgan fingerprint density at radius 2 is 1.62 bits per heavy atom. The van der Waals surface area contributed by atoms with Crippen molar-refractivity contribution in [2.45, 2.75) is 71.0 Å². The summed E-state index contributed by atoms with van der Waals surface area (Å²) in [6.07, 6.45) is 1.38. The molecular formula is C16H29F3N2. The number of rotatable bonds is 3. The van der Waals surface area contributed by atoms with Crippen LogP contribution in [0, 0.1) is 29.6 Å². The molecule has 0 aliphatic heterocycles. The average Bonchev–Trinajstić information content (AvgIpc) is 2.43. The first kappa shape index (κ1) is 17.1. The molecule has 5 heteroatoms. The van der Waals surface area contributed by atoms with Gasteiger partial charge in [0, 0.05) is 6.04 Å². The van der Waals surface area contributed by atoms with E-state index < -0.39 is 12.1 Å². The summed E-state index contributed by atoms with van der Waals surface area (Å²) >= 11 is 0. The quantitative estimate of drug-likeness (QED) is 0.604. The van der Waals surface area contributed by atoms with E-state index in [1.54, 1.807) is 0 Å². The van der Waals surface area contributed by atoms with E-state index in [2.05, 4.69) is 19.3 Å². The molecule has 0 aromatic heterocycles. The predicted molar refractivity (Wildman–Crippen MR) is 78.3 cm³/mol. The SMILES string of the molecule is CC1CCC(C(NN)C2CCCC(C(F)(F)F)C2)CC1C. The first-order chi connectivity index (χ1) is 9.82. The maximum Gasteiger partial charge on any atom is 0.391 e. The lowest BCUT2D eigenvalue weighted by molar-refractivity contribution is -0.187. The van der Waals surface area contributed by atoms with Gasteiger partial charge in [0.15, 0.2) is 0 Å². The molecule has 124 valence electrons. The molecular weight excluding hydrogens is 277 g/mol. The Balaban J connectivity index is 2.00. The van der Waals surface area contributed by atoms with Crippen LogP contribution < -0.4 is 11.3 Å². The highest BCUT2D eigenvalue weighted by Crippen LogP contribution is 2.44. The Morgan fingerprint density at radius 1 is 0.952 bits per heavy atom. The molecule has 2 saturated carbocycles. The molecule has 0 spiro atoms. The van der Waals surface area contributed by atoms with Crippen molar-refractivity contribution in [2.24, 2.45) is 35.4 Å². The van der Waals surface area contributed by atoms with Gasteiger partial charge < -0.3 is 0 Å². The van der Waals surface area contributed by atoms with E-state index in [1.807, 2.05) is 0 Å². The third-order valence-corrected chi connectivity index (χ3v) is 6.02. The van der Waals surface area contributed by atoms with Gasteiger partial charge in [-0.15, -0.1) is 0 Å². The van der Waals surface area contributed by atoms with Gasteiger partial charge in [-0.3, -0.25) is 11.3 Å². The largest absolute Gasteiger partial charge is 0.391 e. The van der Waals surface area contributed by atoms with E-state index in [0.717, 1.165) is 19.3 Å². The maximum atomic E-state index is 13.0. The standard InChI is InChI=1S/C16H29F3N2/c1-10-6-7-13(8-11(10)2)15(21-20)12-4-3-5-14(9-12)16(17,18)19/h10-15,21H,3-9,20H2,1-2H3. The molecule has 2 aliphatic carbocycles. The normalized spacial score (nSPS) is 40.0. The lowest BCUT2D eigenvalue weighted by atomic mass is 9.67. The van der Waals surface area contributed by atoms with Gasteiger partial charge in [0.05, 0.1) is 5.92 Å². The second-order valence-electron chi connectivity index (χ2n) is 7.39. The molecule has 0 heterocycles. The first-order valence-corrected chi connectivity index (χ1v) is 8.35. The zero-order valence-electron chi connectivity index (χ0n) is 13.1. The molecule has 2 fully saturated rings. The van der Waals surface area contributed by atoms with Gasteiger partial charge in [-0.05, 0) is 55.8 Å². The second-order valence-corrected chi connectivity index (χ2v) is 7.39. The fourth-order valence-electron chi connectivity index (χ4n) is 4.42. The van der Waals surface area contributed by atoms with Crippen molar-refractivity contribution < 1.29 is 13.2 Å². The number of nitrogens with two attached hydrogens (primary N) is 1. The molecule has 6 unspecified atom stereocenters. The predicted octanol–water partition coefficient (Wildman–Crippen LogP) is 4.26. The van der Waals surface area contributed by atoms with Crippen LogP contribution in [0.15, 0.2) is 0 Å². The van der Waals surface area contributed by atoms with Crippen molar-refractivity contribution in [3.63, 3.8) is 0 Å². The molecule has 6 atom stereocenters. The van der Waals surface area contributed by atoms with Crippen molar-refractivity contribution in [3.05, 3.63) is 0 Å². The Kier molecular flexibility index (Phi) is 5.58. The van der Waals surface area contributed by atoms with Crippen molar-refractivity contribution in [1.29, 1.82) is 0 Å². The van der Waals surface area contributed by atoms with E-state index in [9.17, 15) is 13.2 Å². The van der Waals surface area contributed by atoms with E-state index in [1.165, 1.54) is 6.42 Å². The molecule has 0 radical (unpaired) electrons. The van der Waals surface area contributed by atoms with Crippen molar-refractivity contribution >= 4 is 0 Å². The summed E-state index contributed by atoms with van der Waals surface area (Å²) in [5.74, 6) is 6.46. The van der Waals surface area contributed by atoms with Gasteiger partial charge in [0.25, 0.3) is 0 Å². The van der Waals surface area contributed by atoms with Gasteiger partial charge in [-0.1, -0.05) is 26.7 Å². The van der Waals surface area contributed by atoms with E-state index in [4.69, 9.17) is 5.84 Å². The highest BCUT2D eigenvalue weighted by molar-refractivity contribution is 4.90. The van der Waals surface area contributed by atoms with Crippen LogP contribution in [0.4, 0.5) is 13.2 Å². The van der Waals surface area contributed by atoms with Crippen LogP contribution >= 0.6 is 0 Å². The zero-order valence-corrected chi connectivity index (χ0v) is 13.1. The van der Waals surface area contributed by atoms with E-state index in [0.29, 0.717) is 24.2 Å². The van der Waals surface area contributed by atoms with Crippen LogP contribution in [0.1, 0.15) is 58.8 Å². The Bertz CT molecular complexity index is 332. The summed E-state index contributed by atoms with van der Waals surface area (Å²) in [5, 5.41) is 0. The number of halogens is 3. The summed E-state index contributed by atoms with van der Waals surface area (Å²) in [5.41, 5.74) is 2.88. The van der Waals surface area contributed by atoms with Crippen molar-refractivity contribution in [3.8, 4) is 0 Å². The Labute approximate surface area is 126 Å².